The smallest absolute Gasteiger partial charge is 0.326 e. The topological polar surface area (TPSA) is 67.1 Å². The zero-order valence-electron chi connectivity index (χ0n) is 17.3. The van der Waals surface area contributed by atoms with Gasteiger partial charge < -0.3 is 14.4 Å². The van der Waals surface area contributed by atoms with Gasteiger partial charge in [-0.2, -0.15) is 0 Å². The average molecular weight is 420 g/mol. The summed E-state index contributed by atoms with van der Waals surface area (Å²) in [6.07, 6.45) is 3.74. The van der Waals surface area contributed by atoms with Crippen LogP contribution in [0.15, 0.2) is 63.9 Å². The average Bonchev–Trinajstić information content (AvgIpc) is 3.39. The van der Waals surface area contributed by atoms with Crippen molar-refractivity contribution in [2.75, 3.05) is 19.6 Å². The number of imidazole rings is 1. The minimum Gasteiger partial charge on any atom is -0.361 e. The summed E-state index contributed by atoms with van der Waals surface area (Å²) in [7, 11) is 0. The minimum absolute atomic E-state index is 0.0121. The SMILES string of the molecule is O=c1[nH]c2ccccc2n1C1CCN(CCCc2cc(-c3ccc(F)cc3)no2)CC1. The maximum Gasteiger partial charge on any atom is 0.326 e. The van der Waals surface area contributed by atoms with Crippen LogP contribution in [-0.4, -0.2) is 39.2 Å². The van der Waals surface area contributed by atoms with Gasteiger partial charge in [0.05, 0.1) is 11.0 Å². The molecule has 0 radical (unpaired) electrons. The summed E-state index contributed by atoms with van der Waals surface area (Å²) in [5.74, 6) is 0.588. The van der Waals surface area contributed by atoms with Gasteiger partial charge in [0.15, 0.2) is 0 Å². The monoisotopic (exact) mass is 420 g/mol. The third-order valence-electron chi connectivity index (χ3n) is 6.14. The molecule has 2 aromatic carbocycles. The van der Waals surface area contributed by atoms with Gasteiger partial charge in [-0.1, -0.05) is 17.3 Å². The van der Waals surface area contributed by atoms with Crippen LogP contribution in [0.5, 0.6) is 0 Å². The number of piperidine rings is 1. The van der Waals surface area contributed by atoms with E-state index in [0.717, 1.165) is 73.4 Å². The van der Waals surface area contributed by atoms with Crippen LogP contribution >= 0.6 is 0 Å². The molecule has 1 N–H and O–H groups in total. The van der Waals surface area contributed by atoms with Crippen LogP contribution in [0.2, 0.25) is 0 Å². The molecule has 31 heavy (non-hydrogen) atoms. The molecule has 1 saturated heterocycles. The summed E-state index contributed by atoms with van der Waals surface area (Å²) in [5.41, 5.74) is 3.48. The fourth-order valence-corrected chi connectivity index (χ4v) is 4.50. The Bertz CT molecular complexity index is 1220. The second-order valence-electron chi connectivity index (χ2n) is 8.18. The molecule has 0 saturated carbocycles. The van der Waals surface area contributed by atoms with Crippen LogP contribution in [-0.2, 0) is 6.42 Å². The number of benzene rings is 2. The molecule has 7 heteroatoms. The highest BCUT2D eigenvalue weighted by Gasteiger charge is 2.23. The van der Waals surface area contributed by atoms with E-state index in [9.17, 15) is 9.18 Å². The molecular formula is C24H25FN4O2. The summed E-state index contributed by atoms with van der Waals surface area (Å²) in [4.78, 5) is 17.8. The first kappa shape index (κ1) is 19.8. The third kappa shape index (κ3) is 4.18. The molecule has 6 nitrogen and oxygen atoms in total. The Kier molecular flexibility index (Phi) is 5.42. The molecule has 0 aliphatic carbocycles. The number of halogens is 1. The number of nitrogens with zero attached hydrogens (tertiary/aromatic N) is 3. The lowest BCUT2D eigenvalue weighted by Crippen LogP contribution is -2.37. The summed E-state index contributed by atoms with van der Waals surface area (Å²) >= 11 is 0. The van der Waals surface area contributed by atoms with Crippen LogP contribution in [0, 0.1) is 5.82 Å². The number of H-pyrrole nitrogens is 1. The molecule has 1 aliphatic heterocycles. The van der Waals surface area contributed by atoms with E-state index in [1.165, 1.54) is 12.1 Å². The molecule has 1 fully saturated rings. The van der Waals surface area contributed by atoms with Gasteiger partial charge in [0, 0.05) is 37.2 Å². The Morgan fingerprint density at radius 3 is 2.68 bits per heavy atom. The van der Waals surface area contributed by atoms with Crippen LogP contribution in [0.4, 0.5) is 4.39 Å². The maximum absolute atomic E-state index is 13.1. The number of hydrogen-bond acceptors (Lipinski definition) is 4. The predicted octanol–water partition coefficient (Wildman–Crippen LogP) is 4.39. The van der Waals surface area contributed by atoms with Gasteiger partial charge in [-0.25, -0.2) is 9.18 Å². The number of likely N-dealkylation sites (tertiary alicyclic amines) is 1. The first-order valence-corrected chi connectivity index (χ1v) is 10.8. The van der Waals surface area contributed by atoms with Gasteiger partial charge in [0.2, 0.25) is 0 Å². The Balaban J connectivity index is 1.13. The molecule has 0 atom stereocenters. The Morgan fingerprint density at radius 2 is 1.87 bits per heavy atom. The van der Waals surface area contributed by atoms with Gasteiger partial charge in [-0.15, -0.1) is 0 Å². The lowest BCUT2D eigenvalue weighted by Gasteiger charge is -2.32. The molecule has 2 aromatic heterocycles. The van der Waals surface area contributed by atoms with Crippen LogP contribution in [0.25, 0.3) is 22.3 Å². The third-order valence-corrected chi connectivity index (χ3v) is 6.14. The standard InChI is InChI=1S/C24H25FN4O2/c25-18-9-7-17(8-10-18)22-16-20(31-27-22)4-3-13-28-14-11-19(12-15-28)29-23-6-2-1-5-21(23)26-24(29)30/h1-2,5-10,16,19H,3-4,11-15H2,(H,26,30). The normalized spacial score (nSPS) is 15.6. The van der Waals surface area contributed by atoms with Crippen LogP contribution < -0.4 is 5.69 Å². The fraction of sp³-hybridized carbons (Fsp3) is 0.333. The highest BCUT2D eigenvalue weighted by Crippen LogP contribution is 2.25. The highest BCUT2D eigenvalue weighted by molar-refractivity contribution is 5.75. The second kappa shape index (κ2) is 8.51. The van der Waals surface area contributed by atoms with E-state index in [0.29, 0.717) is 0 Å². The molecule has 0 spiro atoms. The van der Waals surface area contributed by atoms with Crippen molar-refractivity contribution >= 4 is 11.0 Å². The number of aromatic nitrogens is 3. The van der Waals surface area contributed by atoms with E-state index in [1.54, 1.807) is 12.1 Å². The van der Waals surface area contributed by atoms with Gasteiger partial charge >= 0.3 is 5.69 Å². The first-order valence-electron chi connectivity index (χ1n) is 10.8. The van der Waals surface area contributed by atoms with Gasteiger partial charge in [-0.3, -0.25) is 4.57 Å². The van der Waals surface area contributed by atoms with Gasteiger partial charge in [0.1, 0.15) is 17.3 Å². The Hall–Kier alpha value is -3.19. The minimum atomic E-state index is -0.259. The number of rotatable bonds is 6. The van der Waals surface area contributed by atoms with Gasteiger partial charge in [0.25, 0.3) is 0 Å². The van der Waals surface area contributed by atoms with Gasteiger partial charge in [-0.05, 0) is 62.2 Å². The quantitative estimate of drug-likeness (QED) is 0.502. The van der Waals surface area contributed by atoms with Crippen molar-refractivity contribution in [3.05, 3.63) is 76.7 Å². The van der Waals surface area contributed by atoms with Crippen molar-refractivity contribution < 1.29 is 8.91 Å². The zero-order chi connectivity index (χ0) is 21.2. The summed E-state index contributed by atoms with van der Waals surface area (Å²) in [6, 6.07) is 16.3. The molecule has 5 rings (SSSR count). The second-order valence-corrected chi connectivity index (χ2v) is 8.18. The van der Waals surface area contributed by atoms with Crippen molar-refractivity contribution in [2.45, 2.75) is 31.7 Å². The van der Waals surface area contributed by atoms with Crippen molar-refractivity contribution in [1.29, 1.82) is 0 Å². The molecular weight excluding hydrogens is 395 g/mol. The molecule has 4 aromatic rings. The molecule has 1 aliphatic rings. The maximum atomic E-state index is 13.1. The van der Waals surface area contributed by atoms with E-state index in [-0.39, 0.29) is 17.5 Å². The van der Waals surface area contributed by atoms with E-state index in [4.69, 9.17) is 4.52 Å². The number of aryl methyl sites for hydroxylation is 1. The Labute approximate surface area is 179 Å². The van der Waals surface area contributed by atoms with Crippen molar-refractivity contribution in [2.24, 2.45) is 0 Å². The number of nitrogens with one attached hydrogen (secondary N) is 1. The largest absolute Gasteiger partial charge is 0.361 e. The number of fused-ring (bicyclic) bond motifs is 1. The van der Waals surface area contributed by atoms with E-state index >= 15 is 0 Å². The molecule has 0 bridgehead atoms. The van der Waals surface area contributed by atoms with Crippen LogP contribution in [0.1, 0.15) is 31.1 Å². The van der Waals surface area contributed by atoms with E-state index in [2.05, 4.69) is 15.0 Å². The predicted molar refractivity (Wildman–Crippen MR) is 117 cm³/mol. The lowest BCUT2D eigenvalue weighted by molar-refractivity contribution is 0.184. The van der Waals surface area contributed by atoms with Crippen LogP contribution in [0.3, 0.4) is 0 Å². The first-order chi connectivity index (χ1) is 15.2. The summed E-state index contributed by atoms with van der Waals surface area (Å²) in [6.45, 7) is 2.95. The molecule has 0 unspecified atom stereocenters. The van der Waals surface area contributed by atoms with Crippen molar-refractivity contribution in [3.8, 4) is 11.3 Å². The molecule has 0 amide bonds. The summed E-state index contributed by atoms with van der Waals surface area (Å²) < 4.78 is 20.5. The van der Waals surface area contributed by atoms with E-state index in [1.807, 2.05) is 34.9 Å². The Morgan fingerprint density at radius 1 is 1.10 bits per heavy atom. The lowest BCUT2D eigenvalue weighted by atomic mass is 10.0. The number of aromatic amines is 1. The number of hydrogen-bond donors (Lipinski definition) is 1. The highest BCUT2D eigenvalue weighted by atomic mass is 19.1. The van der Waals surface area contributed by atoms with Crippen molar-refractivity contribution in [1.82, 2.24) is 19.6 Å². The fourth-order valence-electron chi connectivity index (χ4n) is 4.50. The van der Waals surface area contributed by atoms with Crippen molar-refractivity contribution in [3.63, 3.8) is 0 Å². The van der Waals surface area contributed by atoms with E-state index < -0.39 is 0 Å². The summed E-state index contributed by atoms with van der Waals surface area (Å²) in [5, 5.41) is 4.11. The molecule has 3 heterocycles. The number of para-hydroxylation sites is 2. The molecule has 160 valence electrons. The zero-order valence-corrected chi connectivity index (χ0v) is 17.3.